The van der Waals surface area contributed by atoms with E-state index in [0.717, 1.165) is 22.4 Å². The molecule has 2 N–H and O–H groups in total. The fourth-order valence-electron chi connectivity index (χ4n) is 2.46. The fraction of sp³-hybridized carbons (Fsp3) is 0.158. The summed E-state index contributed by atoms with van der Waals surface area (Å²) in [4.78, 5) is 12.5. The molecular formula is C19H19N3O. The van der Waals surface area contributed by atoms with Crippen LogP contribution in [0.3, 0.4) is 0 Å². The Hall–Kier alpha value is -2.88. The molecule has 0 aliphatic heterocycles. The summed E-state index contributed by atoms with van der Waals surface area (Å²) in [6.07, 6.45) is 1.57. The maximum atomic E-state index is 12.5. The molecule has 0 unspecified atom stereocenters. The summed E-state index contributed by atoms with van der Waals surface area (Å²) in [6.45, 7) is 4.57. The SMILES string of the molecule is Cc1ccc(CNC(=O)c2cn[nH]c2-c2cccc(C)c2)cc1. The van der Waals surface area contributed by atoms with Crippen molar-refractivity contribution in [3.63, 3.8) is 0 Å². The van der Waals surface area contributed by atoms with Gasteiger partial charge in [-0.15, -0.1) is 0 Å². The molecule has 0 saturated carbocycles. The van der Waals surface area contributed by atoms with E-state index in [9.17, 15) is 4.79 Å². The first-order chi connectivity index (χ1) is 11.1. The van der Waals surface area contributed by atoms with Crippen LogP contribution in [0.15, 0.2) is 54.7 Å². The summed E-state index contributed by atoms with van der Waals surface area (Å²) < 4.78 is 0. The van der Waals surface area contributed by atoms with Crippen LogP contribution in [0, 0.1) is 13.8 Å². The highest BCUT2D eigenvalue weighted by atomic mass is 16.1. The van der Waals surface area contributed by atoms with Gasteiger partial charge in [-0.05, 0) is 25.5 Å². The molecule has 116 valence electrons. The van der Waals surface area contributed by atoms with Crippen LogP contribution < -0.4 is 5.32 Å². The molecule has 1 aromatic heterocycles. The second-order valence-electron chi connectivity index (χ2n) is 5.70. The van der Waals surface area contributed by atoms with Crippen LogP contribution in [-0.4, -0.2) is 16.1 Å². The second kappa shape index (κ2) is 6.48. The van der Waals surface area contributed by atoms with Crippen molar-refractivity contribution in [2.45, 2.75) is 20.4 Å². The third kappa shape index (κ3) is 3.48. The van der Waals surface area contributed by atoms with Gasteiger partial charge in [0.05, 0.1) is 17.5 Å². The Labute approximate surface area is 135 Å². The third-order valence-corrected chi connectivity index (χ3v) is 3.76. The Bertz CT molecular complexity index is 819. The maximum absolute atomic E-state index is 12.5. The lowest BCUT2D eigenvalue weighted by Gasteiger charge is -2.07. The summed E-state index contributed by atoms with van der Waals surface area (Å²) in [5, 5.41) is 9.90. The first kappa shape index (κ1) is 15.0. The molecular weight excluding hydrogens is 286 g/mol. The fourth-order valence-corrected chi connectivity index (χ4v) is 2.46. The highest BCUT2D eigenvalue weighted by Crippen LogP contribution is 2.22. The molecule has 0 aliphatic rings. The van der Waals surface area contributed by atoms with Crippen molar-refractivity contribution < 1.29 is 4.79 Å². The molecule has 3 aromatic rings. The van der Waals surface area contributed by atoms with Crippen molar-refractivity contribution >= 4 is 5.91 Å². The summed E-state index contributed by atoms with van der Waals surface area (Å²) in [5.41, 5.74) is 5.69. The normalized spacial score (nSPS) is 10.5. The number of aromatic amines is 1. The lowest BCUT2D eigenvalue weighted by atomic mass is 10.1. The van der Waals surface area contributed by atoms with Crippen molar-refractivity contribution in [3.8, 4) is 11.3 Å². The monoisotopic (exact) mass is 305 g/mol. The van der Waals surface area contributed by atoms with Gasteiger partial charge in [0.25, 0.3) is 5.91 Å². The van der Waals surface area contributed by atoms with E-state index in [1.807, 2.05) is 62.4 Å². The minimum absolute atomic E-state index is 0.129. The summed E-state index contributed by atoms with van der Waals surface area (Å²) in [7, 11) is 0. The number of nitrogens with zero attached hydrogens (tertiary/aromatic N) is 1. The number of hydrogen-bond donors (Lipinski definition) is 2. The molecule has 23 heavy (non-hydrogen) atoms. The zero-order valence-electron chi connectivity index (χ0n) is 13.3. The zero-order valence-corrected chi connectivity index (χ0v) is 13.3. The highest BCUT2D eigenvalue weighted by Gasteiger charge is 2.15. The summed E-state index contributed by atoms with van der Waals surface area (Å²) in [5.74, 6) is -0.129. The van der Waals surface area contributed by atoms with E-state index in [0.29, 0.717) is 12.1 Å². The lowest BCUT2D eigenvalue weighted by Crippen LogP contribution is -2.22. The molecule has 0 fully saturated rings. The van der Waals surface area contributed by atoms with Crippen LogP contribution in [0.25, 0.3) is 11.3 Å². The lowest BCUT2D eigenvalue weighted by molar-refractivity contribution is 0.0951. The predicted octanol–water partition coefficient (Wildman–Crippen LogP) is 3.62. The predicted molar refractivity (Wildman–Crippen MR) is 91.1 cm³/mol. The van der Waals surface area contributed by atoms with Gasteiger partial charge in [-0.2, -0.15) is 5.10 Å². The average Bonchev–Trinajstić information content (AvgIpc) is 3.04. The van der Waals surface area contributed by atoms with E-state index < -0.39 is 0 Å². The number of benzene rings is 2. The van der Waals surface area contributed by atoms with Crippen molar-refractivity contribution in [2.75, 3.05) is 0 Å². The molecule has 1 heterocycles. The van der Waals surface area contributed by atoms with Gasteiger partial charge in [0.15, 0.2) is 0 Å². The molecule has 0 atom stereocenters. The van der Waals surface area contributed by atoms with E-state index >= 15 is 0 Å². The van der Waals surface area contributed by atoms with E-state index in [2.05, 4.69) is 15.5 Å². The smallest absolute Gasteiger partial charge is 0.255 e. The Kier molecular flexibility index (Phi) is 4.24. The molecule has 1 amide bonds. The van der Waals surface area contributed by atoms with E-state index in [1.165, 1.54) is 5.56 Å². The average molecular weight is 305 g/mol. The van der Waals surface area contributed by atoms with Gasteiger partial charge in [0.1, 0.15) is 0 Å². The van der Waals surface area contributed by atoms with Crippen molar-refractivity contribution in [1.82, 2.24) is 15.5 Å². The number of aryl methyl sites for hydroxylation is 2. The van der Waals surface area contributed by atoms with E-state index in [4.69, 9.17) is 0 Å². The summed E-state index contributed by atoms with van der Waals surface area (Å²) >= 11 is 0. The van der Waals surface area contributed by atoms with Crippen molar-refractivity contribution in [1.29, 1.82) is 0 Å². The number of carbonyl (C=O) groups excluding carboxylic acids is 1. The summed E-state index contributed by atoms with van der Waals surface area (Å²) in [6, 6.07) is 16.1. The topological polar surface area (TPSA) is 57.8 Å². The number of hydrogen-bond acceptors (Lipinski definition) is 2. The minimum atomic E-state index is -0.129. The van der Waals surface area contributed by atoms with Gasteiger partial charge in [0.2, 0.25) is 0 Å². The van der Waals surface area contributed by atoms with Crippen LogP contribution in [0.1, 0.15) is 27.0 Å². The number of amides is 1. The quantitative estimate of drug-likeness (QED) is 0.773. The third-order valence-electron chi connectivity index (χ3n) is 3.76. The molecule has 0 aliphatic carbocycles. The number of nitrogens with one attached hydrogen (secondary N) is 2. The first-order valence-electron chi connectivity index (χ1n) is 7.57. The number of rotatable bonds is 4. The Morgan fingerprint density at radius 1 is 1.09 bits per heavy atom. The minimum Gasteiger partial charge on any atom is -0.348 e. The molecule has 2 aromatic carbocycles. The largest absolute Gasteiger partial charge is 0.348 e. The molecule has 0 bridgehead atoms. The van der Waals surface area contributed by atoms with Gasteiger partial charge in [-0.3, -0.25) is 9.89 Å². The Morgan fingerprint density at radius 3 is 2.61 bits per heavy atom. The molecule has 4 heteroatoms. The number of carbonyl (C=O) groups is 1. The number of aromatic nitrogens is 2. The van der Waals surface area contributed by atoms with Crippen molar-refractivity contribution in [3.05, 3.63) is 77.0 Å². The Balaban J connectivity index is 1.76. The van der Waals surface area contributed by atoms with Crippen molar-refractivity contribution in [2.24, 2.45) is 0 Å². The zero-order chi connectivity index (χ0) is 16.2. The van der Waals surface area contributed by atoms with Gasteiger partial charge < -0.3 is 5.32 Å². The van der Waals surface area contributed by atoms with E-state index in [1.54, 1.807) is 6.20 Å². The Morgan fingerprint density at radius 2 is 1.87 bits per heavy atom. The first-order valence-corrected chi connectivity index (χ1v) is 7.57. The molecule has 0 spiro atoms. The second-order valence-corrected chi connectivity index (χ2v) is 5.70. The van der Waals surface area contributed by atoms with Gasteiger partial charge >= 0.3 is 0 Å². The van der Waals surface area contributed by atoms with Crippen LogP contribution in [-0.2, 0) is 6.54 Å². The van der Waals surface area contributed by atoms with Crippen LogP contribution in [0.4, 0.5) is 0 Å². The standard InChI is InChI=1S/C19H19N3O/c1-13-6-8-15(9-7-13)11-20-19(23)17-12-21-22-18(17)16-5-3-4-14(2)10-16/h3-10,12H,11H2,1-2H3,(H,20,23)(H,21,22). The van der Waals surface area contributed by atoms with Gasteiger partial charge in [-0.1, -0.05) is 53.6 Å². The molecule has 3 rings (SSSR count). The van der Waals surface area contributed by atoms with Crippen LogP contribution >= 0.6 is 0 Å². The van der Waals surface area contributed by atoms with Gasteiger partial charge in [0, 0.05) is 12.1 Å². The van der Waals surface area contributed by atoms with Gasteiger partial charge in [-0.25, -0.2) is 0 Å². The van der Waals surface area contributed by atoms with Crippen LogP contribution in [0.2, 0.25) is 0 Å². The molecule has 0 saturated heterocycles. The maximum Gasteiger partial charge on any atom is 0.255 e. The van der Waals surface area contributed by atoms with E-state index in [-0.39, 0.29) is 5.91 Å². The molecule has 0 radical (unpaired) electrons. The highest BCUT2D eigenvalue weighted by molar-refractivity contribution is 5.99. The van der Waals surface area contributed by atoms with Crippen LogP contribution in [0.5, 0.6) is 0 Å². The number of H-pyrrole nitrogens is 1. The molecule has 4 nitrogen and oxygen atoms in total.